The van der Waals surface area contributed by atoms with Gasteiger partial charge in [-0.15, -0.1) is 0 Å². The van der Waals surface area contributed by atoms with E-state index in [2.05, 4.69) is 6.92 Å². The lowest BCUT2D eigenvalue weighted by Gasteiger charge is -2.06. The lowest BCUT2D eigenvalue weighted by atomic mass is 10.1. The Morgan fingerprint density at radius 2 is 1.21 bits per heavy atom. The van der Waals surface area contributed by atoms with Gasteiger partial charge >= 0.3 is 11.9 Å². The van der Waals surface area contributed by atoms with Crippen LogP contribution in [0.3, 0.4) is 0 Å². The molecule has 1 aromatic carbocycles. The highest BCUT2D eigenvalue weighted by molar-refractivity contribution is 6.34. The van der Waals surface area contributed by atoms with Crippen molar-refractivity contribution in [2.45, 2.75) is 90.4 Å². The van der Waals surface area contributed by atoms with E-state index in [0.717, 1.165) is 12.8 Å². The molecule has 4 nitrogen and oxygen atoms in total. The van der Waals surface area contributed by atoms with Gasteiger partial charge in [-0.05, 0) is 24.6 Å². The summed E-state index contributed by atoms with van der Waals surface area (Å²) in [6.45, 7) is 2.65. The minimum absolute atomic E-state index is 0.00512. The van der Waals surface area contributed by atoms with Crippen molar-refractivity contribution in [2.75, 3.05) is 6.61 Å². The van der Waals surface area contributed by atoms with Gasteiger partial charge in [0.1, 0.15) is 5.75 Å². The van der Waals surface area contributed by atoms with E-state index in [-0.39, 0.29) is 24.6 Å². The molecule has 0 aliphatic rings. The number of ether oxygens (including phenoxy) is 2. The van der Waals surface area contributed by atoms with Crippen LogP contribution in [0.25, 0.3) is 0 Å². The molecule has 0 atom stereocenters. The first-order valence-corrected chi connectivity index (χ1v) is 11.6. The van der Waals surface area contributed by atoms with Crippen molar-refractivity contribution in [3.63, 3.8) is 0 Å². The van der Waals surface area contributed by atoms with Crippen molar-refractivity contribution in [3.8, 4) is 5.75 Å². The van der Waals surface area contributed by atoms with Crippen LogP contribution in [0, 0.1) is 0 Å². The predicted molar refractivity (Wildman–Crippen MR) is 119 cm³/mol. The van der Waals surface area contributed by atoms with Crippen molar-refractivity contribution < 1.29 is 19.1 Å². The summed E-state index contributed by atoms with van der Waals surface area (Å²) in [6, 6.07) is 4.54. The molecule has 0 fully saturated rings. The number of rotatable bonds is 16. The van der Waals surface area contributed by atoms with Gasteiger partial charge in [0.2, 0.25) is 0 Å². The third-order valence-electron chi connectivity index (χ3n) is 4.61. The molecule has 0 aromatic heterocycles. The van der Waals surface area contributed by atoms with Gasteiger partial charge in [-0.1, -0.05) is 94.3 Å². The van der Waals surface area contributed by atoms with E-state index in [1.54, 1.807) is 6.07 Å². The molecule has 0 aliphatic heterocycles. The summed E-state index contributed by atoms with van der Waals surface area (Å²) in [5, 5.41) is 0.762. The van der Waals surface area contributed by atoms with Gasteiger partial charge in [0.25, 0.3) is 0 Å². The van der Waals surface area contributed by atoms with Crippen LogP contribution in [0.2, 0.25) is 10.0 Å². The summed E-state index contributed by atoms with van der Waals surface area (Å²) in [5.74, 6) is -0.630. The molecule has 0 aliphatic carbocycles. The topological polar surface area (TPSA) is 52.6 Å². The summed E-state index contributed by atoms with van der Waals surface area (Å²) in [5.41, 5.74) is 0. The third-order valence-corrected chi connectivity index (χ3v) is 5.05. The number of benzene rings is 1. The largest absolute Gasteiger partial charge is 0.466 e. The van der Waals surface area contributed by atoms with Gasteiger partial charge in [-0.3, -0.25) is 9.59 Å². The summed E-state index contributed by atoms with van der Waals surface area (Å²) >= 11 is 11.7. The van der Waals surface area contributed by atoms with Gasteiger partial charge in [0, 0.05) is 10.0 Å². The molecule has 0 radical (unpaired) electrons. The lowest BCUT2D eigenvalue weighted by Crippen LogP contribution is -2.12. The zero-order valence-electron chi connectivity index (χ0n) is 17.5. The fourth-order valence-electron chi connectivity index (χ4n) is 3.00. The number of carbonyl (C=O) groups is 2. The second-order valence-electron chi connectivity index (χ2n) is 7.34. The Morgan fingerprint density at radius 1 is 0.724 bits per heavy atom. The third kappa shape index (κ3) is 14.4. The number of esters is 2. The van der Waals surface area contributed by atoms with Gasteiger partial charge in [0.15, 0.2) is 0 Å². The van der Waals surface area contributed by atoms with Gasteiger partial charge in [-0.25, -0.2) is 0 Å². The molecule has 0 amide bonds. The molecule has 0 N–H and O–H groups in total. The smallest absolute Gasteiger partial charge is 0.311 e. The number of unbranched alkanes of at least 4 members (excludes halogenated alkanes) is 10. The Kier molecular flexibility index (Phi) is 14.7. The maximum absolute atomic E-state index is 11.8. The first kappa shape index (κ1) is 25.8. The van der Waals surface area contributed by atoms with E-state index in [1.165, 1.54) is 69.9 Å². The normalized spacial score (nSPS) is 10.7. The molecule has 0 saturated carbocycles. The average molecular weight is 445 g/mol. The number of hydrogen-bond acceptors (Lipinski definition) is 4. The molecule has 0 unspecified atom stereocenters. The molecule has 1 rings (SSSR count). The summed E-state index contributed by atoms with van der Waals surface area (Å²) < 4.78 is 10.3. The van der Waals surface area contributed by atoms with Crippen molar-refractivity contribution in [2.24, 2.45) is 0 Å². The standard InChI is InChI=1S/C23H34Cl2O4/c1-2-3-4-5-6-7-8-9-10-11-12-15-28-22(26)13-14-23(27)29-21-17-19(24)16-20(25)18-21/h16-18H,2-15H2,1H3. The van der Waals surface area contributed by atoms with Gasteiger partial charge in [-0.2, -0.15) is 0 Å². The minimum Gasteiger partial charge on any atom is -0.466 e. The molecule has 1 aromatic rings. The maximum atomic E-state index is 11.8. The van der Waals surface area contributed by atoms with Crippen molar-refractivity contribution in [3.05, 3.63) is 28.2 Å². The van der Waals surface area contributed by atoms with Crippen LogP contribution in [0.4, 0.5) is 0 Å². The molecule has 0 bridgehead atoms. The summed E-state index contributed by atoms with van der Waals surface area (Å²) in [7, 11) is 0. The van der Waals surface area contributed by atoms with E-state index in [9.17, 15) is 9.59 Å². The molecular weight excluding hydrogens is 411 g/mol. The first-order chi connectivity index (χ1) is 14.0. The zero-order valence-corrected chi connectivity index (χ0v) is 19.0. The Labute approximate surface area is 185 Å². The zero-order chi connectivity index (χ0) is 21.3. The van der Waals surface area contributed by atoms with Crippen molar-refractivity contribution >= 4 is 35.1 Å². The van der Waals surface area contributed by atoms with E-state index in [4.69, 9.17) is 32.7 Å². The Hall–Kier alpha value is -1.26. The fourth-order valence-corrected chi connectivity index (χ4v) is 3.50. The Balaban J connectivity index is 1.97. The highest BCUT2D eigenvalue weighted by Crippen LogP contribution is 2.24. The van der Waals surface area contributed by atoms with E-state index in [0.29, 0.717) is 16.7 Å². The quantitative estimate of drug-likeness (QED) is 0.150. The maximum Gasteiger partial charge on any atom is 0.311 e. The monoisotopic (exact) mass is 444 g/mol. The first-order valence-electron chi connectivity index (χ1n) is 10.8. The fraction of sp³-hybridized carbons (Fsp3) is 0.652. The van der Waals surface area contributed by atoms with Crippen LogP contribution < -0.4 is 4.74 Å². The van der Waals surface area contributed by atoms with Crippen LogP contribution in [-0.4, -0.2) is 18.5 Å². The molecule has 164 valence electrons. The molecule has 0 heterocycles. The van der Waals surface area contributed by atoms with Crippen LogP contribution >= 0.6 is 23.2 Å². The molecular formula is C23H34Cl2O4. The molecule has 6 heteroatoms. The Bertz CT molecular complexity index is 584. The predicted octanol–water partition coefficient (Wildman–Crippen LogP) is 7.53. The van der Waals surface area contributed by atoms with Crippen molar-refractivity contribution in [1.29, 1.82) is 0 Å². The second-order valence-corrected chi connectivity index (χ2v) is 8.21. The summed E-state index contributed by atoms with van der Waals surface area (Å²) in [6.07, 6.45) is 13.7. The number of carbonyl (C=O) groups excluding carboxylic acids is 2. The number of hydrogen-bond donors (Lipinski definition) is 0. The average Bonchev–Trinajstić information content (AvgIpc) is 2.66. The lowest BCUT2D eigenvalue weighted by molar-refractivity contribution is -0.147. The van der Waals surface area contributed by atoms with Crippen LogP contribution in [-0.2, 0) is 14.3 Å². The van der Waals surface area contributed by atoms with Crippen molar-refractivity contribution in [1.82, 2.24) is 0 Å². The minimum atomic E-state index is -0.519. The van der Waals surface area contributed by atoms with Crippen LogP contribution in [0.5, 0.6) is 5.75 Å². The SMILES string of the molecule is CCCCCCCCCCCCCOC(=O)CCC(=O)Oc1cc(Cl)cc(Cl)c1. The molecule has 29 heavy (non-hydrogen) atoms. The van der Waals surface area contributed by atoms with Gasteiger partial charge < -0.3 is 9.47 Å². The Morgan fingerprint density at radius 3 is 1.76 bits per heavy atom. The highest BCUT2D eigenvalue weighted by atomic mass is 35.5. The number of halogens is 2. The van der Waals surface area contributed by atoms with E-state index >= 15 is 0 Å². The highest BCUT2D eigenvalue weighted by Gasteiger charge is 2.11. The summed E-state index contributed by atoms with van der Waals surface area (Å²) in [4.78, 5) is 23.5. The molecule has 0 spiro atoms. The van der Waals surface area contributed by atoms with E-state index < -0.39 is 5.97 Å². The van der Waals surface area contributed by atoms with Gasteiger partial charge in [0.05, 0.1) is 19.4 Å². The van der Waals surface area contributed by atoms with Crippen LogP contribution in [0.15, 0.2) is 18.2 Å². The second kappa shape index (κ2) is 16.5. The van der Waals surface area contributed by atoms with E-state index in [1.807, 2.05) is 0 Å². The molecule has 0 saturated heterocycles. The van der Waals surface area contributed by atoms with Crippen LogP contribution in [0.1, 0.15) is 90.4 Å².